The summed E-state index contributed by atoms with van der Waals surface area (Å²) < 4.78 is 43.9. The summed E-state index contributed by atoms with van der Waals surface area (Å²) in [6, 6.07) is 17.3. The summed E-state index contributed by atoms with van der Waals surface area (Å²) >= 11 is 1.36. The molecule has 4 aromatic rings. The van der Waals surface area contributed by atoms with Crippen molar-refractivity contribution in [3.63, 3.8) is 0 Å². The molecule has 5 rings (SSSR count). The SMILES string of the molecule is COc1cc(C(=O)Nc2nc(-c3ccc4c(c3)CCN4S(=O)(=O)c3ccccc3)c(C)s2)cc(OC)c1OC. The summed E-state index contributed by atoms with van der Waals surface area (Å²) in [5.41, 5.74) is 3.52. The van der Waals surface area contributed by atoms with Crippen molar-refractivity contribution < 1.29 is 27.4 Å². The molecule has 0 aliphatic carbocycles. The molecule has 1 amide bonds. The number of carbonyl (C=O) groups is 1. The van der Waals surface area contributed by atoms with Crippen LogP contribution >= 0.6 is 11.3 Å². The predicted octanol–water partition coefficient (Wildman–Crippen LogP) is 5.15. The Bertz CT molecular complexity index is 1630. The second kappa shape index (κ2) is 10.6. The first-order valence-corrected chi connectivity index (χ1v) is 14.3. The molecule has 1 aromatic heterocycles. The third-order valence-corrected chi connectivity index (χ3v) is 9.19. The number of carbonyl (C=O) groups excluding carboxylic acids is 1. The molecule has 0 unspecified atom stereocenters. The number of nitrogens with zero attached hydrogens (tertiary/aromatic N) is 2. The number of rotatable bonds is 8. The van der Waals surface area contributed by atoms with Crippen LogP contribution in [0.25, 0.3) is 11.3 Å². The Morgan fingerprint density at radius 3 is 2.31 bits per heavy atom. The van der Waals surface area contributed by atoms with Gasteiger partial charge in [0.1, 0.15) is 0 Å². The van der Waals surface area contributed by atoms with Gasteiger partial charge in [0.05, 0.1) is 37.6 Å². The number of ether oxygens (including phenoxy) is 3. The third kappa shape index (κ3) is 4.90. The van der Waals surface area contributed by atoms with Gasteiger partial charge in [-0.1, -0.05) is 24.3 Å². The van der Waals surface area contributed by atoms with E-state index in [9.17, 15) is 13.2 Å². The number of anilines is 2. The maximum atomic E-state index is 13.2. The van der Waals surface area contributed by atoms with Crippen molar-refractivity contribution in [1.29, 1.82) is 0 Å². The van der Waals surface area contributed by atoms with Crippen LogP contribution < -0.4 is 23.8 Å². The lowest BCUT2D eigenvalue weighted by molar-refractivity contribution is 0.102. The fourth-order valence-corrected chi connectivity index (χ4v) is 6.94. The van der Waals surface area contributed by atoms with E-state index in [0.717, 1.165) is 21.7 Å². The average molecular weight is 566 g/mol. The molecule has 1 aliphatic rings. The second-order valence-electron chi connectivity index (χ2n) is 8.78. The van der Waals surface area contributed by atoms with Crippen molar-refractivity contribution in [2.45, 2.75) is 18.2 Å². The van der Waals surface area contributed by atoms with Crippen molar-refractivity contribution in [3.8, 4) is 28.5 Å². The maximum absolute atomic E-state index is 13.2. The molecular formula is C28H27N3O6S2. The summed E-state index contributed by atoms with van der Waals surface area (Å²) in [5, 5.41) is 3.30. The summed E-state index contributed by atoms with van der Waals surface area (Å²) in [5.74, 6) is 0.778. The van der Waals surface area contributed by atoms with Gasteiger partial charge >= 0.3 is 0 Å². The molecule has 0 fully saturated rings. The zero-order chi connectivity index (χ0) is 27.7. The monoisotopic (exact) mass is 565 g/mol. The molecule has 1 aliphatic heterocycles. The fraction of sp³-hybridized carbons (Fsp3) is 0.214. The summed E-state index contributed by atoms with van der Waals surface area (Å²) in [6.45, 7) is 2.31. The predicted molar refractivity (Wildman–Crippen MR) is 151 cm³/mol. The molecular weight excluding hydrogens is 538 g/mol. The van der Waals surface area contributed by atoms with E-state index in [1.807, 2.05) is 25.1 Å². The van der Waals surface area contributed by atoms with Crippen LogP contribution in [-0.4, -0.2) is 47.2 Å². The Balaban J connectivity index is 1.39. The number of sulfonamides is 1. The topological polar surface area (TPSA) is 107 Å². The quantitative estimate of drug-likeness (QED) is 0.315. The van der Waals surface area contributed by atoms with E-state index in [4.69, 9.17) is 14.2 Å². The standard InChI is InChI=1S/C28H27N3O6S2/c1-17-25(29-28(38-17)30-27(32)20-15-23(35-2)26(37-4)24(16-20)36-3)19-10-11-22-18(14-19)12-13-31(22)39(33,34)21-8-6-5-7-9-21/h5-11,14-16H,12-13H2,1-4H3,(H,29,30,32). The van der Waals surface area contributed by atoms with E-state index in [1.54, 1.807) is 42.5 Å². The van der Waals surface area contributed by atoms with Crippen molar-refractivity contribution in [2.24, 2.45) is 0 Å². The van der Waals surface area contributed by atoms with E-state index in [0.29, 0.717) is 46.6 Å². The number of aromatic nitrogens is 1. The zero-order valence-corrected chi connectivity index (χ0v) is 23.5. The molecule has 0 atom stereocenters. The van der Waals surface area contributed by atoms with Crippen molar-refractivity contribution in [3.05, 3.63) is 76.7 Å². The number of hydrogen-bond acceptors (Lipinski definition) is 8. The molecule has 0 spiro atoms. The highest BCUT2D eigenvalue weighted by Crippen LogP contribution is 2.40. The first kappa shape index (κ1) is 26.5. The Morgan fingerprint density at radius 1 is 0.974 bits per heavy atom. The minimum atomic E-state index is -3.64. The second-order valence-corrected chi connectivity index (χ2v) is 11.8. The summed E-state index contributed by atoms with van der Waals surface area (Å²) in [6.07, 6.45) is 0.600. The molecule has 1 N–H and O–H groups in total. The highest BCUT2D eigenvalue weighted by molar-refractivity contribution is 7.92. The van der Waals surface area contributed by atoms with Gasteiger partial charge in [-0.3, -0.25) is 14.4 Å². The van der Waals surface area contributed by atoms with Gasteiger partial charge in [-0.05, 0) is 55.3 Å². The zero-order valence-electron chi connectivity index (χ0n) is 21.8. The van der Waals surface area contributed by atoms with E-state index in [1.165, 1.54) is 37.0 Å². The first-order chi connectivity index (χ1) is 18.8. The molecule has 202 valence electrons. The number of aryl methyl sites for hydroxylation is 1. The fourth-order valence-electron chi connectivity index (χ4n) is 4.59. The molecule has 9 nitrogen and oxygen atoms in total. The lowest BCUT2D eigenvalue weighted by Crippen LogP contribution is -2.29. The van der Waals surface area contributed by atoms with E-state index in [-0.39, 0.29) is 10.8 Å². The van der Waals surface area contributed by atoms with E-state index < -0.39 is 10.0 Å². The number of thiazole rings is 1. The molecule has 0 saturated carbocycles. The van der Waals surface area contributed by atoms with Crippen LogP contribution in [0.2, 0.25) is 0 Å². The number of nitrogens with one attached hydrogen (secondary N) is 1. The Hall–Kier alpha value is -4.09. The molecule has 0 radical (unpaired) electrons. The largest absolute Gasteiger partial charge is 0.493 e. The van der Waals surface area contributed by atoms with Gasteiger partial charge in [-0.25, -0.2) is 13.4 Å². The average Bonchev–Trinajstić information content (AvgIpc) is 3.55. The number of amides is 1. The van der Waals surface area contributed by atoms with Crippen molar-refractivity contribution in [2.75, 3.05) is 37.5 Å². The van der Waals surface area contributed by atoms with Gasteiger partial charge in [0.25, 0.3) is 15.9 Å². The molecule has 0 bridgehead atoms. The third-order valence-electron chi connectivity index (χ3n) is 6.48. The smallest absolute Gasteiger partial charge is 0.264 e. The van der Waals surface area contributed by atoms with Gasteiger partial charge in [0.15, 0.2) is 16.6 Å². The lowest BCUT2D eigenvalue weighted by Gasteiger charge is -2.19. The van der Waals surface area contributed by atoms with Crippen molar-refractivity contribution in [1.82, 2.24) is 4.98 Å². The number of methoxy groups -OCH3 is 3. The molecule has 11 heteroatoms. The maximum Gasteiger partial charge on any atom is 0.264 e. The highest BCUT2D eigenvalue weighted by atomic mass is 32.2. The van der Waals surface area contributed by atoms with Gasteiger partial charge < -0.3 is 14.2 Å². The Morgan fingerprint density at radius 2 is 1.67 bits per heavy atom. The van der Waals surface area contributed by atoms with Gasteiger partial charge in [-0.15, -0.1) is 11.3 Å². The van der Waals surface area contributed by atoms with Crippen LogP contribution in [-0.2, 0) is 16.4 Å². The van der Waals surface area contributed by atoms with Crippen LogP contribution in [0.1, 0.15) is 20.8 Å². The normalized spacial score (nSPS) is 12.7. The summed E-state index contributed by atoms with van der Waals surface area (Å²) in [4.78, 5) is 18.9. The minimum Gasteiger partial charge on any atom is -0.493 e. The van der Waals surface area contributed by atoms with Crippen LogP contribution in [0.4, 0.5) is 10.8 Å². The molecule has 3 aromatic carbocycles. The Kier molecular flexibility index (Phi) is 7.19. The van der Waals surface area contributed by atoms with Crippen LogP contribution in [0, 0.1) is 6.92 Å². The van der Waals surface area contributed by atoms with Gasteiger partial charge in [-0.2, -0.15) is 0 Å². The Labute approximate surface area is 231 Å². The lowest BCUT2D eigenvalue weighted by atomic mass is 10.1. The van der Waals surface area contributed by atoms with E-state index in [2.05, 4.69) is 10.3 Å². The number of hydrogen-bond donors (Lipinski definition) is 1. The van der Waals surface area contributed by atoms with Crippen LogP contribution in [0.5, 0.6) is 17.2 Å². The molecule has 39 heavy (non-hydrogen) atoms. The number of fused-ring (bicyclic) bond motifs is 1. The van der Waals surface area contributed by atoms with Crippen LogP contribution in [0.3, 0.4) is 0 Å². The molecule has 2 heterocycles. The summed E-state index contributed by atoms with van der Waals surface area (Å²) in [7, 11) is 0.834. The minimum absolute atomic E-state index is 0.268. The highest BCUT2D eigenvalue weighted by Gasteiger charge is 2.31. The van der Waals surface area contributed by atoms with Crippen LogP contribution in [0.15, 0.2) is 65.6 Å². The molecule has 0 saturated heterocycles. The van der Waals surface area contributed by atoms with Gasteiger partial charge in [0.2, 0.25) is 5.75 Å². The van der Waals surface area contributed by atoms with E-state index >= 15 is 0 Å². The van der Waals surface area contributed by atoms with Gasteiger partial charge in [0, 0.05) is 22.5 Å². The first-order valence-electron chi connectivity index (χ1n) is 12.1. The van der Waals surface area contributed by atoms with Crippen molar-refractivity contribution >= 4 is 38.1 Å². The number of benzene rings is 3.